The van der Waals surface area contributed by atoms with E-state index in [0.717, 1.165) is 40.3 Å². The predicted octanol–water partition coefficient (Wildman–Crippen LogP) is 6.71. The molecule has 1 saturated heterocycles. The van der Waals surface area contributed by atoms with Crippen molar-refractivity contribution in [2.75, 3.05) is 58.4 Å². The number of benzene rings is 4. The molecular formula is C43H47F3N4O5. The van der Waals surface area contributed by atoms with Crippen LogP contribution in [0, 0.1) is 0 Å². The van der Waals surface area contributed by atoms with Crippen LogP contribution < -0.4 is 9.64 Å². The summed E-state index contributed by atoms with van der Waals surface area (Å²) in [6.45, 7) is 5.17. The second kappa shape index (κ2) is 19.1. The Morgan fingerprint density at radius 2 is 1.51 bits per heavy atom. The third-order valence-electron chi connectivity index (χ3n) is 9.60. The van der Waals surface area contributed by atoms with Gasteiger partial charge in [-0.05, 0) is 64.7 Å². The van der Waals surface area contributed by atoms with Crippen LogP contribution in [0.5, 0.6) is 5.75 Å². The van der Waals surface area contributed by atoms with Crippen molar-refractivity contribution < 1.29 is 37.0 Å². The lowest BCUT2D eigenvalue weighted by molar-refractivity contribution is -0.143. The first-order valence-corrected chi connectivity index (χ1v) is 18.2. The number of hydrogen-bond donors (Lipinski definition) is 0. The fraction of sp³-hybridized carbons (Fsp3) is 0.326. The number of alkyl halides is 3. The van der Waals surface area contributed by atoms with E-state index >= 15 is 0 Å². The molecule has 1 aliphatic heterocycles. The molecule has 290 valence electrons. The summed E-state index contributed by atoms with van der Waals surface area (Å²) in [6.07, 6.45) is -1.50. The highest BCUT2D eigenvalue weighted by Crippen LogP contribution is 2.29. The lowest BCUT2D eigenvalue weighted by Crippen LogP contribution is -2.51. The van der Waals surface area contributed by atoms with Crippen molar-refractivity contribution in [2.45, 2.75) is 38.7 Å². The number of nitrogens with zero attached hydrogens (tertiary/aromatic N) is 4. The molecule has 1 heterocycles. The lowest BCUT2D eigenvalue weighted by Gasteiger charge is -2.36. The molecule has 1 aliphatic rings. The normalized spacial score (nSPS) is 13.8. The molecule has 1 atom stereocenters. The van der Waals surface area contributed by atoms with Crippen molar-refractivity contribution in [3.8, 4) is 5.75 Å². The van der Waals surface area contributed by atoms with Gasteiger partial charge in [-0.15, -0.1) is 0 Å². The molecule has 9 nitrogen and oxygen atoms in total. The molecule has 1 unspecified atom stereocenters. The topological polar surface area (TPSA) is 82.6 Å². The number of likely N-dealkylation sites (N-methyl/N-ethyl adjacent to an activating group) is 1. The van der Waals surface area contributed by atoms with E-state index in [-0.39, 0.29) is 37.9 Å². The van der Waals surface area contributed by atoms with E-state index in [1.807, 2.05) is 83.8 Å². The van der Waals surface area contributed by atoms with Crippen LogP contribution in [0.4, 0.5) is 18.9 Å². The number of carbonyl (C=O) groups excluding carboxylic acids is 3. The number of halogens is 3. The number of amides is 3. The van der Waals surface area contributed by atoms with Gasteiger partial charge in [0.05, 0.1) is 25.9 Å². The summed E-state index contributed by atoms with van der Waals surface area (Å²) < 4.78 is 50.8. The second-order valence-electron chi connectivity index (χ2n) is 13.4. The second-order valence-corrected chi connectivity index (χ2v) is 13.4. The van der Waals surface area contributed by atoms with Gasteiger partial charge in [-0.3, -0.25) is 14.4 Å². The molecule has 4 aromatic rings. The summed E-state index contributed by atoms with van der Waals surface area (Å²) in [5, 5.41) is 0. The highest BCUT2D eigenvalue weighted by molar-refractivity contribution is 5.95. The lowest BCUT2D eigenvalue weighted by atomic mass is 10.0. The first-order chi connectivity index (χ1) is 26.4. The van der Waals surface area contributed by atoms with E-state index < -0.39 is 23.7 Å². The molecule has 0 aliphatic carbocycles. The van der Waals surface area contributed by atoms with Crippen molar-refractivity contribution in [3.05, 3.63) is 137 Å². The molecule has 0 bridgehead atoms. The summed E-state index contributed by atoms with van der Waals surface area (Å²) in [4.78, 5) is 47.5. The van der Waals surface area contributed by atoms with E-state index in [1.165, 1.54) is 29.2 Å². The van der Waals surface area contributed by atoms with Gasteiger partial charge in [0.1, 0.15) is 11.8 Å². The molecular weight excluding hydrogens is 709 g/mol. The summed E-state index contributed by atoms with van der Waals surface area (Å²) >= 11 is 0. The van der Waals surface area contributed by atoms with Gasteiger partial charge in [-0.25, -0.2) is 0 Å². The minimum Gasteiger partial charge on any atom is -0.497 e. The van der Waals surface area contributed by atoms with Crippen LogP contribution in [0.15, 0.2) is 109 Å². The van der Waals surface area contributed by atoms with Gasteiger partial charge in [-0.1, -0.05) is 66.7 Å². The Labute approximate surface area is 320 Å². The van der Waals surface area contributed by atoms with Crippen LogP contribution in [0.1, 0.15) is 34.7 Å². The number of hydrogen-bond acceptors (Lipinski definition) is 6. The number of ether oxygens (including phenoxy) is 2. The Morgan fingerprint density at radius 1 is 0.836 bits per heavy atom. The van der Waals surface area contributed by atoms with Gasteiger partial charge < -0.3 is 29.1 Å². The van der Waals surface area contributed by atoms with Crippen LogP contribution >= 0.6 is 0 Å². The zero-order valence-corrected chi connectivity index (χ0v) is 31.4. The number of methoxy groups -OCH3 is 1. The third-order valence-corrected chi connectivity index (χ3v) is 9.60. The van der Waals surface area contributed by atoms with Gasteiger partial charge in [0, 0.05) is 71.4 Å². The van der Waals surface area contributed by atoms with Gasteiger partial charge in [0.15, 0.2) is 0 Å². The first-order valence-electron chi connectivity index (χ1n) is 18.2. The van der Waals surface area contributed by atoms with Gasteiger partial charge in [0.2, 0.25) is 17.7 Å². The maximum atomic E-state index is 14.4. The summed E-state index contributed by atoms with van der Waals surface area (Å²) in [7, 11) is 3.27. The molecule has 0 radical (unpaired) electrons. The average molecular weight is 757 g/mol. The average Bonchev–Trinajstić information content (AvgIpc) is 3.20. The fourth-order valence-electron chi connectivity index (χ4n) is 6.36. The SMILES string of the molecule is COc1cccc(COCCN(C)C(=O)C(Cc2ccccc2)N(Cc2ccc(N3CCN(C(C)=O)CC3)cc2)C(=O)C=Cc2ccc(C(F)(F)F)cc2)c1. The summed E-state index contributed by atoms with van der Waals surface area (Å²) in [5.74, 6) is 0.0147. The Hall–Kier alpha value is -5.62. The van der Waals surface area contributed by atoms with Crippen molar-refractivity contribution >= 4 is 29.5 Å². The Bertz CT molecular complexity index is 1890. The van der Waals surface area contributed by atoms with Crippen molar-refractivity contribution in [1.29, 1.82) is 0 Å². The largest absolute Gasteiger partial charge is 0.497 e. The quantitative estimate of drug-likeness (QED) is 0.0992. The Kier molecular flexibility index (Phi) is 14.1. The zero-order chi connectivity index (χ0) is 39.4. The highest BCUT2D eigenvalue weighted by Gasteiger charge is 2.32. The molecule has 4 aromatic carbocycles. The van der Waals surface area contributed by atoms with E-state index in [9.17, 15) is 27.6 Å². The molecule has 12 heteroatoms. The first kappa shape index (κ1) is 40.6. The molecule has 0 spiro atoms. The zero-order valence-electron chi connectivity index (χ0n) is 31.4. The van der Waals surface area contributed by atoms with E-state index in [0.29, 0.717) is 38.3 Å². The number of carbonyl (C=O) groups is 3. The minimum atomic E-state index is -4.48. The van der Waals surface area contributed by atoms with Crippen molar-refractivity contribution in [1.82, 2.24) is 14.7 Å². The third kappa shape index (κ3) is 11.7. The van der Waals surface area contributed by atoms with Crippen LogP contribution in [-0.4, -0.2) is 92.0 Å². The molecule has 0 saturated carbocycles. The maximum Gasteiger partial charge on any atom is 0.416 e. The maximum absolute atomic E-state index is 14.4. The van der Waals surface area contributed by atoms with Crippen molar-refractivity contribution in [3.63, 3.8) is 0 Å². The summed E-state index contributed by atoms with van der Waals surface area (Å²) in [5.41, 5.74) is 3.18. The molecule has 55 heavy (non-hydrogen) atoms. The standard InChI is InChI=1S/C43H47F3N4O5/c1-32(51)48-22-24-49(25-23-48)38-19-14-35(15-20-38)30-50(41(52)21-16-33-12-17-37(18-13-33)43(44,45)46)40(29-34-8-5-4-6-9-34)42(53)47(2)26-27-55-31-36-10-7-11-39(28-36)54-3/h4-21,28,40H,22-27,29-31H2,1-3H3. The highest BCUT2D eigenvalue weighted by atomic mass is 19.4. The monoisotopic (exact) mass is 756 g/mol. The predicted molar refractivity (Wildman–Crippen MR) is 206 cm³/mol. The van der Waals surface area contributed by atoms with E-state index in [1.54, 1.807) is 26.0 Å². The Balaban J connectivity index is 1.38. The minimum absolute atomic E-state index is 0.0538. The molecule has 0 N–H and O–H groups in total. The molecule has 5 rings (SSSR count). The number of anilines is 1. The molecule has 3 amide bonds. The summed E-state index contributed by atoms with van der Waals surface area (Å²) in [6, 6.07) is 28.4. The fourth-order valence-corrected chi connectivity index (χ4v) is 6.36. The van der Waals surface area contributed by atoms with Crippen LogP contribution in [0.25, 0.3) is 6.08 Å². The molecule has 1 fully saturated rings. The smallest absolute Gasteiger partial charge is 0.416 e. The van der Waals surface area contributed by atoms with Gasteiger partial charge in [0.25, 0.3) is 0 Å². The van der Waals surface area contributed by atoms with Gasteiger partial charge in [-0.2, -0.15) is 13.2 Å². The van der Waals surface area contributed by atoms with E-state index in [4.69, 9.17) is 9.47 Å². The van der Waals surface area contributed by atoms with Crippen LogP contribution in [-0.2, 0) is 44.9 Å². The molecule has 0 aromatic heterocycles. The van der Waals surface area contributed by atoms with Crippen LogP contribution in [0.2, 0.25) is 0 Å². The van der Waals surface area contributed by atoms with Crippen LogP contribution in [0.3, 0.4) is 0 Å². The number of piperazine rings is 1. The Morgan fingerprint density at radius 3 is 2.15 bits per heavy atom. The van der Waals surface area contributed by atoms with E-state index in [2.05, 4.69) is 4.90 Å². The number of rotatable bonds is 15. The van der Waals surface area contributed by atoms with Gasteiger partial charge >= 0.3 is 6.18 Å². The van der Waals surface area contributed by atoms with Crippen molar-refractivity contribution in [2.24, 2.45) is 0 Å².